The molecule has 0 aromatic heterocycles. The summed E-state index contributed by atoms with van der Waals surface area (Å²) in [6, 6.07) is 9.34. The van der Waals surface area contributed by atoms with Gasteiger partial charge in [-0.15, -0.1) is 0 Å². The number of benzene rings is 2. The van der Waals surface area contributed by atoms with Gasteiger partial charge in [0.2, 0.25) is 0 Å². The number of carbonyl (C=O) groups excluding carboxylic acids is 2. The summed E-state index contributed by atoms with van der Waals surface area (Å²) in [5.41, 5.74) is 1.82. The summed E-state index contributed by atoms with van der Waals surface area (Å²) >= 11 is 12.3. The first-order valence-corrected chi connectivity index (χ1v) is 10.9. The van der Waals surface area contributed by atoms with E-state index < -0.39 is 17.7 Å². The molecule has 0 spiro atoms. The van der Waals surface area contributed by atoms with Crippen molar-refractivity contribution in [2.24, 2.45) is 0 Å². The van der Waals surface area contributed by atoms with E-state index in [2.05, 4.69) is 0 Å². The third-order valence-corrected chi connectivity index (χ3v) is 6.23. The van der Waals surface area contributed by atoms with Gasteiger partial charge in [0, 0.05) is 12.1 Å². The average Bonchev–Trinajstić information content (AvgIpc) is 3.00. The van der Waals surface area contributed by atoms with Crippen molar-refractivity contribution < 1.29 is 19.4 Å². The van der Waals surface area contributed by atoms with Crippen LogP contribution in [0.1, 0.15) is 29.2 Å². The van der Waals surface area contributed by atoms with E-state index in [4.69, 9.17) is 27.9 Å². The molecule has 32 heavy (non-hydrogen) atoms. The Bertz CT molecular complexity index is 1080. The minimum absolute atomic E-state index is 0.0338. The molecule has 1 amide bonds. The Balaban J connectivity index is 2.15. The molecular formula is C24H26Cl2N2O4. The average molecular weight is 477 g/mol. The second-order valence-electron chi connectivity index (χ2n) is 8.00. The Hall–Kier alpha value is -2.54. The first kappa shape index (κ1) is 24.1. The van der Waals surface area contributed by atoms with Gasteiger partial charge in [0.25, 0.3) is 11.7 Å². The van der Waals surface area contributed by atoms with Gasteiger partial charge in [-0.05, 0) is 75.4 Å². The van der Waals surface area contributed by atoms with Crippen molar-refractivity contribution in [3.63, 3.8) is 0 Å². The molecule has 6 nitrogen and oxygen atoms in total. The SMILES string of the molecule is COc1ccc(/C(O)=C2\C(=O)C(=O)N(CCCN(C)C)[C@H]2c2ccc(Cl)c(Cl)c2)c(C)c1. The molecule has 0 aliphatic carbocycles. The van der Waals surface area contributed by atoms with Crippen LogP contribution < -0.4 is 4.74 Å². The number of aliphatic hydroxyl groups excluding tert-OH is 1. The fourth-order valence-corrected chi connectivity index (χ4v) is 4.18. The number of methoxy groups -OCH3 is 1. The molecule has 1 N–H and O–H groups in total. The Morgan fingerprint density at radius 3 is 2.44 bits per heavy atom. The summed E-state index contributed by atoms with van der Waals surface area (Å²) in [4.78, 5) is 29.6. The van der Waals surface area contributed by atoms with Gasteiger partial charge >= 0.3 is 0 Å². The number of aryl methyl sites for hydroxylation is 1. The lowest BCUT2D eigenvalue weighted by Gasteiger charge is -2.26. The molecule has 0 radical (unpaired) electrons. The molecule has 1 aliphatic heterocycles. The van der Waals surface area contributed by atoms with Crippen LogP contribution in [0.25, 0.3) is 5.76 Å². The van der Waals surface area contributed by atoms with Gasteiger partial charge < -0.3 is 19.6 Å². The number of nitrogens with zero attached hydrogens (tertiary/aromatic N) is 2. The van der Waals surface area contributed by atoms with Crippen LogP contribution >= 0.6 is 23.2 Å². The van der Waals surface area contributed by atoms with Crippen molar-refractivity contribution in [1.29, 1.82) is 0 Å². The summed E-state index contributed by atoms with van der Waals surface area (Å²) < 4.78 is 5.23. The summed E-state index contributed by atoms with van der Waals surface area (Å²) in [6.45, 7) is 2.90. The maximum Gasteiger partial charge on any atom is 0.295 e. The predicted octanol–water partition coefficient (Wildman–Crippen LogP) is 4.68. The zero-order chi connectivity index (χ0) is 23.6. The van der Waals surface area contributed by atoms with Crippen LogP contribution in [0.15, 0.2) is 42.0 Å². The van der Waals surface area contributed by atoms with Gasteiger partial charge in [-0.3, -0.25) is 9.59 Å². The molecule has 1 atom stereocenters. The number of likely N-dealkylation sites (tertiary alicyclic amines) is 1. The lowest BCUT2D eigenvalue weighted by molar-refractivity contribution is -0.139. The van der Waals surface area contributed by atoms with E-state index in [0.29, 0.717) is 45.5 Å². The molecule has 1 fully saturated rings. The van der Waals surface area contributed by atoms with Crippen LogP contribution in [0, 0.1) is 6.92 Å². The highest BCUT2D eigenvalue weighted by Gasteiger charge is 2.46. The van der Waals surface area contributed by atoms with Gasteiger partial charge in [0.1, 0.15) is 11.5 Å². The monoisotopic (exact) mass is 476 g/mol. The Kier molecular flexibility index (Phi) is 7.49. The number of aliphatic hydroxyl groups is 1. The van der Waals surface area contributed by atoms with Gasteiger partial charge in [-0.25, -0.2) is 0 Å². The maximum absolute atomic E-state index is 13.1. The molecular weight excluding hydrogens is 451 g/mol. The lowest BCUT2D eigenvalue weighted by Crippen LogP contribution is -2.32. The fourth-order valence-electron chi connectivity index (χ4n) is 3.87. The van der Waals surface area contributed by atoms with Crippen molar-refractivity contribution in [3.05, 3.63) is 68.7 Å². The highest BCUT2D eigenvalue weighted by atomic mass is 35.5. The molecule has 0 bridgehead atoms. The molecule has 8 heteroatoms. The minimum Gasteiger partial charge on any atom is -0.507 e. The first-order valence-electron chi connectivity index (χ1n) is 10.2. The predicted molar refractivity (Wildman–Crippen MR) is 126 cm³/mol. The highest BCUT2D eigenvalue weighted by molar-refractivity contribution is 6.47. The summed E-state index contributed by atoms with van der Waals surface area (Å²) in [5.74, 6) is -0.968. The first-order chi connectivity index (χ1) is 15.1. The van der Waals surface area contributed by atoms with E-state index in [-0.39, 0.29) is 11.3 Å². The van der Waals surface area contributed by atoms with Crippen LogP contribution in [0.5, 0.6) is 5.75 Å². The number of amides is 1. The molecule has 1 heterocycles. The van der Waals surface area contributed by atoms with Crippen molar-refractivity contribution >= 4 is 40.7 Å². The summed E-state index contributed by atoms with van der Waals surface area (Å²) in [6.07, 6.45) is 0.666. The van der Waals surface area contributed by atoms with Crippen molar-refractivity contribution in [2.45, 2.75) is 19.4 Å². The molecule has 0 unspecified atom stereocenters. The molecule has 170 valence electrons. The van der Waals surface area contributed by atoms with Crippen LogP contribution in [0.3, 0.4) is 0 Å². The van der Waals surface area contributed by atoms with E-state index in [1.807, 2.05) is 19.0 Å². The molecule has 2 aromatic rings. The summed E-state index contributed by atoms with van der Waals surface area (Å²) in [7, 11) is 5.44. The van der Waals surface area contributed by atoms with Crippen molar-refractivity contribution in [2.75, 3.05) is 34.3 Å². The van der Waals surface area contributed by atoms with Gasteiger partial charge in [-0.1, -0.05) is 29.3 Å². The second kappa shape index (κ2) is 9.94. The standard InChI is InChI=1S/C24H26Cl2N2O4/c1-14-12-16(32-4)7-8-17(14)22(29)20-21(15-6-9-18(25)19(26)13-15)28(24(31)23(20)30)11-5-10-27(2)3/h6-9,12-13,21,29H,5,10-11H2,1-4H3/b22-20+/t21-/m0/s1. The number of Topliss-reactive ketones (excluding diaryl/α,β-unsaturated/α-hetero) is 1. The zero-order valence-corrected chi connectivity index (χ0v) is 20.0. The van der Waals surface area contributed by atoms with E-state index in [9.17, 15) is 14.7 Å². The van der Waals surface area contributed by atoms with E-state index in [1.54, 1.807) is 50.4 Å². The number of hydrogen-bond acceptors (Lipinski definition) is 5. The van der Waals surface area contributed by atoms with Crippen LogP contribution in [0.2, 0.25) is 10.0 Å². The van der Waals surface area contributed by atoms with E-state index in [1.165, 1.54) is 4.90 Å². The topological polar surface area (TPSA) is 70.1 Å². The van der Waals surface area contributed by atoms with E-state index in [0.717, 1.165) is 6.54 Å². The normalized spacial score (nSPS) is 18.0. The van der Waals surface area contributed by atoms with E-state index >= 15 is 0 Å². The lowest BCUT2D eigenvalue weighted by atomic mass is 9.94. The maximum atomic E-state index is 13.1. The number of hydrogen-bond donors (Lipinski definition) is 1. The highest BCUT2D eigenvalue weighted by Crippen LogP contribution is 2.41. The van der Waals surface area contributed by atoms with Gasteiger partial charge in [0.15, 0.2) is 0 Å². The summed E-state index contributed by atoms with van der Waals surface area (Å²) in [5, 5.41) is 11.9. The Morgan fingerprint density at radius 1 is 1.12 bits per heavy atom. The Labute approximate surface area is 198 Å². The van der Waals surface area contributed by atoms with Crippen LogP contribution in [-0.2, 0) is 9.59 Å². The van der Waals surface area contributed by atoms with Crippen molar-refractivity contribution in [3.8, 4) is 5.75 Å². The molecule has 3 rings (SSSR count). The quantitative estimate of drug-likeness (QED) is 0.356. The van der Waals surface area contributed by atoms with Gasteiger partial charge in [-0.2, -0.15) is 0 Å². The zero-order valence-electron chi connectivity index (χ0n) is 18.5. The third kappa shape index (κ3) is 4.77. The Morgan fingerprint density at radius 2 is 1.84 bits per heavy atom. The number of rotatable bonds is 7. The fraction of sp³-hybridized carbons (Fsp3) is 0.333. The smallest absolute Gasteiger partial charge is 0.295 e. The second-order valence-corrected chi connectivity index (χ2v) is 8.82. The largest absolute Gasteiger partial charge is 0.507 e. The van der Waals surface area contributed by atoms with Crippen molar-refractivity contribution in [1.82, 2.24) is 9.80 Å². The minimum atomic E-state index is -0.770. The van der Waals surface area contributed by atoms with Gasteiger partial charge in [0.05, 0.1) is 28.8 Å². The number of ether oxygens (including phenoxy) is 1. The number of ketones is 1. The van der Waals surface area contributed by atoms with Crippen LogP contribution in [0.4, 0.5) is 0 Å². The third-order valence-electron chi connectivity index (χ3n) is 5.49. The molecule has 1 aliphatic rings. The molecule has 1 saturated heterocycles. The number of halogens is 2. The van der Waals surface area contributed by atoms with Crippen LogP contribution in [-0.4, -0.2) is 60.9 Å². The molecule has 2 aromatic carbocycles. The molecule has 0 saturated carbocycles. The number of carbonyl (C=O) groups is 2.